The Bertz CT molecular complexity index is 497. The van der Waals surface area contributed by atoms with E-state index in [1.54, 1.807) is 0 Å². The lowest BCUT2D eigenvalue weighted by atomic mass is 10.2. The fourth-order valence-corrected chi connectivity index (χ4v) is 1.96. The van der Waals surface area contributed by atoms with Crippen LogP contribution in [0.25, 0.3) is 0 Å². The summed E-state index contributed by atoms with van der Waals surface area (Å²) in [6.45, 7) is 3.95. The molecule has 0 amide bonds. The van der Waals surface area contributed by atoms with Crippen molar-refractivity contribution < 1.29 is 0 Å². The standard InChI is InChI=1S/C13H21N5/c1-4-12-7-13(18(3)16-12)9-14-6-5-11-8-15-17(2)10-11/h7-8,10,14H,4-6,9H2,1-3H3. The number of hydrogen-bond acceptors (Lipinski definition) is 3. The molecule has 0 aromatic carbocycles. The molecule has 0 aliphatic rings. The van der Waals surface area contributed by atoms with Crippen LogP contribution in [0.2, 0.25) is 0 Å². The second-order valence-corrected chi connectivity index (χ2v) is 4.55. The van der Waals surface area contributed by atoms with Crippen LogP contribution in [-0.2, 0) is 33.5 Å². The van der Waals surface area contributed by atoms with E-state index in [1.165, 1.54) is 11.3 Å². The molecule has 0 saturated carbocycles. The fraction of sp³-hybridized carbons (Fsp3) is 0.538. The minimum absolute atomic E-state index is 0.865. The molecule has 2 aromatic rings. The van der Waals surface area contributed by atoms with Crippen molar-refractivity contribution in [1.29, 1.82) is 0 Å². The van der Waals surface area contributed by atoms with Gasteiger partial charge in [0.1, 0.15) is 0 Å². The van der Waals surface area contributed by atoms with E-state index in [1.807, 2.05) is 29.7 Å². The van der Waals surface area contributed by atoms with Crippen molar-refractivity contribution in [2.24, 2.45) is 14.1 Å². The summed E-state index contributed by atoms with van der Waals surface area (Å²) in [6.07, 6.45) is 5.97. The van der Waals surface area contributed by atoms with Crippen molar-refractivity contribution >= 4 is 0 Å². The maximum atomic E-state index is 4.43. The Morgan fingerprint density at radius 1 is 1.33 bits per heavy atom. The summed E-state index contributed by atoms with van der Waals surface area (Å²) in [5.41, 5.74) is 3.66. The highest BCUT2D eigenvalue weighted by Gasteiger charge is 2.03. The Hall–Kier alpha value is -1.62. The molecule has 0 atom stereocenters. The van der Waals surface area contributed by atoms with Crippen molar-refractivity contribution in [3.8, 4) is 0 Å². The van der Waals surface area contributed by atoms with Crippen LogP contribution >= 0.6 is 0 Å². The van der Waals surface area contributed by atoms with E-state index in [0.717, 1.165) is 31.6 Å². The number of nitrogens with one attached hydrogen (secondary N) is 1. The number of aryl methyl sites for hydroxylation is 3. The molecule has 0 fully saturated rings. The summed E-state index contributed by atoms with van der Waals surface area (Å²) in [7, 11) is 3.94. The molecule has 0 bridgehead atoms. The summed E-state index contributed by atoms with van der Waals surface area (Å²) in [5.74, 6) is 0. The normalized spacial score (nSPS) is 11.1. The molecule has 0 spiro atoms. The molecule has 2 heterocycles. The lowest BCUT2D eigenvalue weighted by Crippen LogP contribution is -2.18. The maximum Gasteiger partial charge on any atom is 0.0625 e. The lowest BCUT2D eigenvalue weighted by molar-refractivity contribution is 0.623. The molecular weight excluding hydrogens is 226 g/mol. The molecular formula is C13H21N5. The molecule has 2 rings (SSSR count). The summed E-state index contributed by atoms with van der Waals surface area (Å²) in [4.78, 5) is 0. The van der Waals surface area contributed by atoms with E-state index in [2.05, 4.69) is 34.7 Å². The molecule has 5 nitrogen and oxygen atoms in total. The van der Waals surface area contributed by atoms with Crippen LogP contribution in [-0.4, -0.2) is 26.1 Å². The Morgan fingerprint density at radius 2 is 2.17 bits per heavy atom. The molecule has 0 unspecified atom stereocenters. The zero-order chi connectivity index (χ0) is 13.0. The number of aromatic nitrogens is 4. The second kappa shape index (κ2) is 5.82. The van der Waals surface area contributed by atoms with Gasteiger partial charge < -0.3 is 5.32 Å². The summed E-state index contributed by atoms with van der Waals surface area (Å²) in [6, 6.07) is 2.16. The fourth-order valence-electron chi connectivity index (χ4n) is 1.96. The minimum atomic E-state index is 0.865. The first-order valence-electron chi connectivity index (χ1n) is 6.39. The third-order valence-electron chi connectivity index (χ3n) is 3.04. The SMILES string of the molecule is CCc1cc(CNCCc2cnn(C)c2)n(C)n1. The van der Waals surface area contributed by atoms with Crippen molar-refractivity contribution in [2.75, 3.05) is 6.54 Å². The molecule has 1 N–H and O–H groups in total. The Labute approximate surface area is 108 Å². The van der Waals surface area contributed by atoms with E-state index in [-0.39, 0.29) is 0 Å². The van der Waals surface area contributed by atoms with Gasteiger partial charge in [-0.3, -0.25) is 9.36 Å². The first kappa shape index (κ1) is 12.8. The number of nitrogens with zero attached hydrogens (tertiary/aromatic N) is 4. The molecule has 0 aliphatic heterocycles. The Morgan fingerprint density at radius 3 is 2.78 bits per heavy atom. The zero-order valence-corrected chi connectivity index (χ0v) is 11.3. The molecule has 18 heavy (non-hydrogen) atoms. The van der Waals surface area contributed by atoms with Gasteiger partial charge in [0.2, 0.25) is 0 Å². The van der Waals surface area contributed by atoms with Gasteiger partial charge in [-0.2, -0.15) is 10.2 Å². The van der Waals surface area contributed by atoms with Crippen LogP contribution in [0.1, 0.15) is 23.9 Å². The topological polar surface area (TPSA) is 47.7 Å². The van der Waals surface area contributed by atoms with Gasteiger partial charge in [0, 0.05) is 26.8 Å². The van der Waals surface area contributed by atoms with Crippen molar-refractivity contribution in [1.82, 2.24) is 24.9 Å². The largest absolute Gasteiger partial charge is 0.311 e. The molecule has 98 valence electrons. The molecule has 0 aliphatic carbocycles. The smallest absolute Gasteiger partial charge is 0.0625 e. The van der Waals surface area contributed by atoms with Crippen LogP contribution in [0, 0.1) is 0 Å². The van der Waals surface area contributed by atoms with Gasteiger partial charge in [-0.1, -0.05) is 6.92 Å². The highest BCUT2D eigenvalue weighted by Crippen LogP contribution is 2.03. The maximum absolute atomic E-state index is 4.43. The van der Waals surface area contributed by atoms with Gasteiger partial charge in [0.05, 0.1) is 17.6 Å². The summed E-state index contributed by atoms with van der Waals surface area (Å²) >= 11 is 0. The van der Waals surface area contributed by atoms with E-state index < -0.39 is 0 Å². The highest BCUT2D eigenvalue weighted by atomic mass is 15.3. The molecule has 2 aromatic heterocycles. The van der Waals surface area contributed by atoms with Crippen LogP contribution in [0.4, 0.5) is 0 Å². The van der Waals surface area contributed by atoms with Crippen LogP contribution in [0.5, 0.6) is 0 Å². The number of hydrogen-bond donors (Lipinski definition) is 1. The highest BCUT2D eigenvalue weighted by molar-refractivity contribution is 5.10. The Kier molecular flexibility index (Phi) is 4.15. The third-order valence-corrected chi connectivity index (χ3v) is 3.04. The van der Waals surface area contributed by atoms with Gasteiger partial charge in [0.15, 0.2) is 0 Å². The van der Waals surface area contributed by atoms with E-state index >= 15 is 0 Å². The van der Waals surface area contributed by atoms with E-state index in [0.29, 0.717) is 0 Å². The monoisotopic (exact) mass is 247 g/mol. The van der Waals surface area contributed by atoms with E-state index in [4.69, 9.17) is 0 Å². The predicted molar refractivity (Wildman–Crippen MR) is 71.2 cm³/mol. The average Bonchev–Trinajstić information content (AvgIpc) is 2.91. The van der Waals surface area contributed by atoms with Gasteiger partial charge in [-0.25, -0.2) is 0 Å². The molecule has 5 heteroatoms. The average molecular weight is 247 g/mol. The minimum Gasteiger partial charge on any atom is -0.311 e. The van der Waals surface area contributed by atoms with Gasteiger partial charge in [-0.05, 0) is 31.0 Å². The zero-order valence-electron chi connectivity index (χ0n) is 11.3. The van der Waals surface area contributed by atoms with Crippen LogP contribution < -0.4 is 5.32 Å². The predicted octanol–water partition coefficient (Wildman–Crippen LogP) is 1.05. The van der Waals surface area contributed by atoms with E-state index in [9.17, 15) is 0 Å². The van der Waals surface area contributed by atoms with Crippen molar-refractivity contribution in [2.45, 2.75) is 26.3 Å². The Balaban J connectivity index is 1.76. The third kappa shape index (κ3) is 3.20. The van der Waals surface area contributed by atoms with Crippen molar-refractivity contribution in [3.05, 3.63) is 35.4 Å². The van der Waals surface area contributed by atoms with Crippen LogP contribution in [0.3, 0.4) is 0 Å². The lowest BCUT2D eigenvalue weighted by Gasteiger charge is -2.03. The quantitative estimate of drug-likeness (QED) is 0.776. The summed E-state index contributed by atoms with van der Waals surface area (Å²) < 4.78 is 3.79. The first-order valence-corrected chi connectivity index (χ1v) is 6.39. The second-order valence-electron chi connectivity index (χ2n) is 4.55. The first-order chi connectivity index (χ1) is 8.69. The van der Waals surface area contributed by atoms with Crippen molar-refractivity contribution in [3.63, 3.8) is 0 Å². The summed E-state index contributed by atoms with van der Waals surface area (Å²) in [5, 5.41) is 12.0. The van der Waals surface area contributed by atoms with Crippen LogP contribution in [0.15, 0.2) is 18.5 Å². The number of rotatable bonds is 6. The van der Waals surface area contributed by atoms with Gasteiger partial charge >= 0.3 is 0 Å². The van der Waals surface area contributed by atoms with Gasteiger partial charge in [0.25, 0.3) is 0 Å². The van der Waals surface area contributed by atoms with Gasteiger partial charge in [-0.15, -0.1) is 0 Å². The molecule has 0 saturated heterocycles. The molecule has 0 radical (unpaired) electrons.